The summed E-state index contributed by atoms with van der Waals surface area (Å²) in [5, 5.41) is 8.06. The summed E-state index contributed by atoms with van der Waals surface area (Å²) in [5.41, 5.74) is 3.87. The minimum atomic E-state index is -0.203. The van der Waals surface area contributed by atoms with Gasteiger partial charge in [-0.2, -0.15) is 0 Å². The zero-order chi connectivity index (χ0) is 19.0. The van der Waals surface area contributed by atoms with E-state index in [2.05, 4.69) is 15.4 Å². The maximum atomic E-state index is 12.2. The summed E-state index contributed by atoms with van der Waals surface area (Å²) in [5.74, 6) is 1.12. The van der Waals surface area contributed by atoms with E-state index in [9.17, 15) is 4.79 Å². The number of pyridine rings is 1. The van der Waals surface area contributed by atoms with Gasteiger partial charge < -0.3 is 14.8 Å². The lowest BCUT2D eigenvalue weighted by Crippen LogP contribution is -2.37. The van der Waals surface area contributed by atoms with Gasteiger partial charge in [0.25, 0.3) is 5.91 Å². The number of hydrogen-bond donors (Lipinski definition) is 1. The Morgan fingerprint density at radius 2 is 2.19 bits per heavy atom. The van der Waals surface area contributed by atoms with Gasteiger partial charge in [-0.25, -0.2) is 9.67 Å². The Morgan fingerprint density at radius 1 is 1.37 bits per heavy atom. The molecule has 140 valence electrons. The van der Waals surface area contributed by atoms with Crippen LogP contribution in [0.5, 0.6) is 11.6 Å². The van der Waals surface area contributed by atoms with Crippen LogP contribution in [0.25, 0.3) is 11.0 Å². The van der Waals surface area contributed by atoms with Gasteiger partial charge in [-0.3, -0.25) is 4.79 Å². The molecule has 4 rings (SSSR count). The molecule has 1 atom stereocenters. The number of para-hydroxylation sites is 1. The van der Waals surface area contributed by atoms with E-state index in [0.29, 0.717) is 12.4 Å². The molecular weight excluding hydrogens is 344 g/mol. The number of aryl methyl sites for hydroxylation is 3. The predicted molar refractivity (Wildman–Crippen MR) is 101 cm³/mol. The summed E-state index contributed by atoms with van der Waals surface area (Å²) < 4.78 is 13.2. The van der Waals surface area contributed by atoms with Gasteiger partial charge in [0.05, 0.1) is 11.9 Å². The summed E-state index contributed by atoms with van der Waals surface area (Å²) >= 11 is 0. The number of carbonyl (C=O) groups is 1. The Labute approximate surface area is 157 Å². The Balaban J connectivity index is 1.34. The minimum Gasteiger partial charge on any atom is -0.488 e. The zero-order valence-corrected chi connectivity index (χ0v) is 15.7. The summed E-state index contributed by atoms with van der Waals surface area (Å²) in [4.78, 5) is 16.7. The standard InChI is InChI=1S/C20H22N4O3/c1-12-8-13(2)22-19-18(12)20(23-24(19)3)26-11-17(25)21-10-15-9-14-6-4-5-7-16(14)27-15/h4-8,15H,9-11H2,1-3H3,(H,21,25). The van der Waals surface area contributed by atoms with Crippen LogP contribution in [0.2, 0.25) is 0 Å². The molecule has 7 heteroatoms. The highest BCUT2D eigenvalue weighted by Gasteiger charge is 2.23. The van der Waals surface area contributed by atoms with Gasteiger partial charge in [0.2, 0.25) is 5.88 Å². The van der Waals surface area contributed by atoms with Crippen molar-refractivity contribution in [3.05, 3.63) is 47.2 Å². The maximum Gasteiger partial charge on any atom is 0.258 e. The van der Waals surface area contributed by atoms with Crippen LogP contribution in [0.3, 0.4) is 0 Å². The molecular formula is C20H22N4O3. The van der Waals surface area contributed by atoms with Gasteiger partial charge in [0, 0.05) is 19.2 Å². The largest absolute Gasteiger partial charge is 0.488 e. The van der Waals surface area contributed by atoms with E-state index in [0.717, 1.165) is 34.5 Å². The maximum absolute atomic E-state index is 12.2. The summed E-state index contributed by atoms with van der Waals surface area (Å²) in [6.07, 6.45) is 0.753. The van der Waals surface area contributed by atoms with Crippen molar-refractivity contribution >= 4 is 16.9 Å². The van der Waals surface area contributed by atoms with Gasteiger partial charge in [-0.1, -0.05) is 18.2 Å². The first-order valence-corrected chi connectivity index (χ1v) is 8.96. The molecule has 1 unspecified atom stereocenters. The van der Waals surface area contributed by atoms with Crippen LogP contribution in [0.15, 0.2) is 30.3 Å². The van der Waals surface area contributed by atoms with Crippen LogP contribution in [0, 0.1) is 13.8 Å². The molecule has 0 saturated heterocycles. The van der Waals surface area contributed by atoms with Gasteiger partial charge in [0.15, 0.2) is 12.3 Å². The van der Waals surface area contributed by atoms with Gasteiger partial charge in [0.1, 0.15) is 11.9 Å². The molecule has 2 aromatic heterocycles. The lowest BCUT2D eigenvalue weighted by molar-refractivity contribution is -0.123. The normalized spacial score (nSPS) is 15.4. The number of nitrogens with one attached hydrogen (secondary N) is 1. The van der Waals surface area contributed by atoms with E-state index in [1.54, 1.807) is 4.68 Å². The highest BCUT2D eigenvalue weighted by Crippen LogP contribution is 2.28. The Kier molecular flexibility index (Phi) is 4.43. The third kappa shape index (κ3) is 3.45. The molecule has 27 heavy (non-hydrogen) atoms. The number of hydrogen-bond acceptors (Lipinski definition) is 5. The van der Waals surface area contributed by atoms with Crippen molar-refractivity contribution in [1.29, 1.82) is 0 Å². The van der Waals surface area contributed by atoms with Gasteiger partial charge in [-0.05, 0) is 37.1 Å². The van der Waals surface area contributed by atoms with Crippen LogP contribution in [0.1, 0.15) is 16.8 Å². The van der Waals surface area contributed by atoms with E-state index in [1.165, 1.54) is 5.56 Å². The second-order valence-corrected chi connectivity index (χ2v) is 6.85. The lowest BCUT2D eigenvalue weighted by Gasteiger charge is -2.12. The average Bonchev–Trinajstić information content (AvgIpc) is 3.19. The summed E-state index contributed by atoms with van der Waals surface area (Å²) in [6.45, 7) is 4.27. The Morgan fingerprint density at radius 3 is 3.00 bits per heavy atom. The summed E-state index contributed by atoms with van der Waals surface area (Å²) in [6, 6.07) is 9.91. The van der Waals surface area contributed by atoms with E-state index in [4.69, 9.17) is 9.47 Å². The lowest BCUT2D eigenvalue weighted by atomic mass is 10.1. The monoisotopic (exact) mass is 366 g/mol. The number of fused-ring (bicyclic) bond motifs is 2. The first-order valence-electron chi connectivity index (χ1n) is 8.96. The number of nitrogens with zero attached hydrogens (tertiary/aromatic N) is 3. The number of ether oxygens (including phenoxy) is 2. The highest BCUT2D eigenvalue weighted by atomic mass is 16.5. The van der Waals surface area contributed by atoms with Crippen molar-refractivity contribution in [2.45, 2.75) is 26.4 Å². The molecule has 1 aromatic carbocycles. The molecule has 3 heterocycles. The van der Waals surface area contributed by atoms with Crippen molar-refractivity contribution in [3.8, 4) is 11.6 Å². The van der Waals surface area contributed by atoms with Crippen LogP contribution in [0.4, 0.5) is 0 Å². The number of carbonyl (C=O) groups excluding carboxylic acids is 1. The molecule has 0 spiro atoms. The smallest absolute Gasteiger partial charge is 0.258 e. The van der Waals surface area contributed by atoms with Crippen LogP contribution < -0.4 is 14.8 Å². The number of benzene rings is 1. The topological polar surface area (TPSA) is 78.3 Å². The molecule has 0 saturated carbocycles. The van der Waals surface area contributed by atoms with Crippen molar-refractivity contribution in [2.75, 3.05) is 13.2 Å². The quantitative estimate of drug-likeness (QED) is 0.748. The SMILES string of the molecule is Cc1cc(C)c2c(OCC(=O)NCC3Cc4ccccc4O3)nn(C)c2n1. The molecule has 7 nitrogen and oxygen atoms in total. The fourth-order valence-corrected chi connectivity index (χ4v) is 3.43. The second kappa shape index (κ2) is 6.90. The highest BCUT2D eigenvalue weighted by molar-refractivity contribution is 5.85. The molecule has 0 radical (unpaired) electrons. The molecule has 1 aliphatic rings. The van der Waals surface area contributed by atoms with Gasteiger partial charge >= 0.3 is 0 Å². The van der Waals surface area contributed by atoms with Crippen LogP contribution >= 0.6 is 0 Å². The number of amides is 1. The van der Waals surface area contributed by atoms with Crippen molar-refractivity contribution in [1.82, 2.24) is 20.1 Å². The van der Waals surface area contributed by atoms with E-state index < -0.39 is 0 Å². The number of rotatable bonds is 5. The van der Waals surface area contributed by atoms with Crippen molar-refractivity contribution < 1.29 is 14.3 Å². The molecule has 0 fully saturated rings. The minimum absolute atomic E-state index is 0.0450. The average molecular weight is 366 g/mol. The van der Waals surface area contributed by atoms with Crippen molar-refractivity contribution in [2.24, 2.45) is 7.05 Å². The first-order chi connectivity index (χ1) is 13.0. The first kappa shape index (κ1) is 17.3. The van der Waals surface area contributed by atoms with Crippen LogP contribution in [-0.2, 0) is 18.3 Å². The van der Waals surface area contributed by atoms with Gasteiger partial charge in [-0.15, -0.1) is 5.10 Å². The third-order valence-electron chi connectivity index (χ3n) is 4.67. The fourth-order valence-electron chi connectivity index (χ4n) is 3.43. The molecule has 1 amide bonds. The van der Waals surface area contributed by atoms with Crippen molar-refractivity contribution in [3.63, 3.8) is 0 Å². The molecule has 3 aromatic rings. The Bertz CT molecular complexity index is 987. The fraction of sp³-hybridized carbons (Fsp3) is 0.350. The second-order valence-electron chi connectivity index (χ2n) is 6.85. The third-order valence-corrected chi connectivity index (χ3v) is 4.67. The summed E-state index contributed by atoms with van der Waals surface area (Å²) in [7, 11) is 1.82. The predicted octanol–water partition coefficient (Wildman–Crippen LogP) is 2.08. The molecule has 0 bridgehead atoms. The van der Waals surface area contributed by atoms with E-state index >= 15 is 0 Å². The van der Waals surface area contributed by atoms with E-state index in [-0.39, 0.29) is 18.6 Å². The zero-order valence-electron chi connectivity index (χ0n) is 15.7. The van der Waals surface area contributed by atoms with Crippen LogP contribution in [-0.4, -0.2) is 39.9 Å². The Hall–Kier alpha value is -3.09. The molecule has 0 aliphatic carbocycles. The molecule has 1 N–H and O–H groups in total. The van der Waals surface area contributed by atoms with E-state index in [1.807, 2.05) is 51.2 Å². The number of aromatic nitrogens is 3. The molecule has 1 aliphatic heterocycles.